The number of aliphatic hydroxyl groups excluding tert-OH is 1. The summed E-state index contributed by atoms with van der Waals surface area (Å²) in [5.41, 5.74) is 2.40. The first kappa shape index (κ1) is 14.8. The van der Waals surface area contributed by atoms with Gasteiger partial charge < -0.3 is 10.2 Å². The van der Waals surface area contributed by atoms with Crippen molar-refractivity contribution in [3.05, 3.63) is 71.3 Å². The summed E-state index contributed by atoms with van der Waals surface area (Å²) in [6.45, 7) is 1.97. The number of aryl methyl sites for hydroxylation is 1. The zero-order valence-corrected chi connectivity index (χ0v) is 11.7. The van der Waals surface area contributed by atoms with Crippen molar-refractivity contribution in [2.24, 2.45) is 0 Å². The quantitative estimate of drug-likeness (QED) is 0.850. The Bertz CT molecular complexity index is 663. The van der Waals surface area contributed by atoms with Crippen LogP contribution in [-0.2, 0) is 4.79 Å². The Hall–Kier alpha value is -2.57. The lowest BCUT2D eigenvalue weighted by Crippen LogP contribution is -2.24. The molecule has 0 amide bonds. The molecule has 2 N–H and O–H groups in total. The first-order valence-corrected chi connectivity index (χ1v) is 6.62. The summed E-state index contributed by atoms with van der Waals surface area (Å²) >= 11 is 0. The number of hydrogen-bond donors (Lipinski definition) is 2. The molecule has 0 saturated heterocycles. The van der Waals surface area contributed by atoms with Gasteiger partial charge in [0.05, 0.1) is 0 Å². The number of benzene rings is 2. The number of carbonyl (C=O) groups is 1. The number of aliphatic carboxylic acids is 1. The minimum absolute atomic E-state index is 0.538. The van der Waals surface area contributed by atoms with E-state index < -0.39 is 18.0 Å². The highest BCUT2D eigenvalue weighted by atomic mass is 16.4. The van der Waals surface area contributed by atoms with E-state index >= 15 is 0 Å². The Kier molecular flexibility index (Phi) is 4.76. The molecular weight excluding hydrogens is 264 g/mol. The van der Waals surface area contributed by atoms with Crippen LogP contribution in [0, 0.1) is 18.8 Å². The molecule has 0 bridgehead atoms. The van der Waals surface area contributed by atoms with E-state index in [-0.39, 0.29) is 0 Å². The third-order valence-corrected chi connectivity index (χ3v) is 3.16. The lowest BCUT2D eigenvalue weighted by Gasteiger charge is -2.14. The van der Waals surface area contributed by atoms with Gasteiger partial charge in [-0.2, -0.15) is 0 Å². The molecule has 2 atom stereocenters. The third-order valence-electron chi connectivity index (χ3n) is 3.16. The predicted octanol–water partition coefficient (Wildman–Crippen LogP) is 2.58. The molecule has 3 nitrogen and oxygen atoms in total. The first-order chi connectivity index (χ1) is 10.1. The lowest BCUT2D eigenvalue weighted by molar-refractivity contribution is -0.140. The molecule has 2 rings (SSSR count). The molecule has 0 aromatic heterocycles. The molecule has 0 heterocycles. The molecule has 0 radical (unpaired) electrons. The Morgan fingerprint density at radius 2 is 1.67 bits per heavy atom. The monoisotopic (exact) mass is 280 g/mol. The smallest absolute Gasteiger partial charge is 0.314 e. The number of rotatable bonds is 3. The molecule has 0 unspecified atom stereocenters. The van der Waals surface area contributed by atoms with E-state index in [9.17, 15) is 15.0 Å². The molecule has 21 heavy (non-hydrogen) atoms. The summed E-state index contributed by atoms with van der Waals surface area (Å²) < 4.78 is 0. The minimum atomic E-state index is -1.26. The molecular formula is C18H16O3. The molecule has 2 aromatic rings. The SMILES string of the molecule is Cc1ccc(C#C[C@@H](O)[C@@H](C(=O)O)c2ccccc2)cc1. The van der Waals surface area contributed by atoms with Gasteiger partial charge in [-0.15, -0.1) is 0 Å². The van der Waals surface area contributed by atoms with Crippen LogP contribution in [0.3, 0.4) is 0 Å². The molecule has 0 aliphatic rings. The van der Waals surface area contributed by atoms with E-state index in [2.05, 4.69) is 11.8 Å². The van der Waals surface area contributed by atoms with Gasteiger partial charge in [-0.1, -0.05) is 59.9 Å². The van der Waals surface area contributed by atoms with Crippen molar-refractivity contribution in [3.8, 4) is 11.8 Å². The third kappa shape index (κ3) is 3.95. The van der Waals surface area contributed by atoms with Gasteiger partial charge in [0.2, 0.25) is 0 Å². The highest BCUT2D eigenvalue weighted by Crippen LogP contribution is 2.19. The summed E-state index contributed by atoms with van der Waals surface area (Å²) in [6, 6.07) is 16.2. The highest BCUT2D eigenvalue weighted by Gasteiger charge is 2.26. The van der Waals surface area contributed by atoms with Crippen LogP contribution in [0.2, 0.25) is 0 Å². The van der Waals surface area contributed by atoms with Crippen molar-refractivity contribution in [3.63, 3.8) is 0 Å². The van der Waals surface area contributed by atoms with E-state index in [0.717, 1.165) is 11.1 Å². The van der Waals surface area contributed by atoms with Gasteiger partial charge in [0.25, 0.3) is 0 Å². The standard InChI is InChI=1S/C18H16O3/c1-13-7-9-14(10-8-13)11-12-16(19)17(18(20)21)15-5-3-2-4-6-15/h2-10,16-17,19H,1H3,(H,20,21)/t16-,17+/m1/s1. The van der Waals surface area contributed by atoms with E-state index in [1.54, 1.807) is 30.3 Å². The van der Waals surface area contributed by atoms with E-state index in [1.165, 1.54) is 0 Å². The Labute approximate surface area is 123 Å². The van der Waals surface area contributed by atoms with Gasteiger partial charge in [0.15, 0.2) is 0 Å². The maximum absolute atomic E-state index is 11.4. The molecule has 106 valence electrons. The van der Waals surface area contributed by atoms with Crippen molar-refractivity contribution in [1.82, 2.24) is 0 Å². The fraction of sp³-hybridized carbons (Fsp3) is 0.167. The second-order valence-electron chi connectivity index (χ2n) is 4.81. The van der Waals surface area contributed by atoms with Crippen LogP contribution in [0.5, 0.6) is 0 Å². The second-order valence-corrected chi connectivity index (χ2v) is 4.81. The van der Waals surface area contributed by atoms with Crippen LogP contribution < -0.4 is 0 Å². The summed E-state index contributed by atoms with van der Waals surface area (Å²) in [4.78, 5) is 11.4. The van der Waals surface area contributed by atoms with Crippen LogP contribution >= 0.6 is 0 Å². The topological polar surface area (TPSA) is 57.5 Å². The molecule has 0 saturated carbocycles. The van der Waals surface area contributed by atoms with Crippen LogP contribution in [0.15, 0.2) is 54.6 Å². The molecule has 0 spiro atoms. The summed E-state index contributed by atoms with van der Waals surface area (Å²) in [6.07, 6.45) is -1.26. The van der Waals surface area contributed by atoms with Crippen LogP contribution in [0.25, 0.3) is 0 Å². The van der Waals surface area contributed by atoms with Crippen molar-refractivity contribution in [1.29, 1.82) is 0 Å². The molecule has 0 aliphatic heterocycles. The minimum Gasteiger partial charge on any atom is -0.481 e. The Balaban J connectivity index is 2.23. The maximum Gasteiger partial charge on any atom is 0.314 e. The predicted molar refractivity (Wildman–Crippen MR) is 80.9 cm³/mol. The maximum atomic E-state index is 11.4. The van der Waals surface area contributed by atoms with Crippen molar-refractivity contribution < 1.29 is 15.0 Å². The Morgan fingerprint density at radius 3 is 2.24 bits per heavy atom. The highest BCUT2D eigenvalue weighted by molar-refractivity contribution is 5.77. The second kappa shape index (κ2) is 6.74. The van der Waals surface area contributed by atoms with Gasteiger partial charge in [-0.25, -0.2) is 0 Å². The number of carboxylic acids is 1. The van der Waals surface area contributed by atoms with E-state index in [1.807, 2.05) is 31.2 Å². The number of aliphatic hydroxyl groups is 1. The Morgan fingerprint density at radius 1 is 1.05 bits per heavy atom. The van der Waals surface area contributed by atoms with Gasteiger partial charge >= 0.3 is 5.97 Å². The average Bonchev–Trinajstić information content (AvgIpc) is 2.47. The fourth-order valence-electron chi connectivity index (χ4n) is 2.00. The van der Waals surface area contributed by atoms with Gasteiger partial charge in [-0.3, -0.25) is 4.79 Å². The van der Waals surface area contributed by atoms with Crippen LogP contribution in [0.4, 0.5) is 0 Å². The fourth-order valence-corrected chi connectivity index (χ4v) is 2.00. The zero-order valence-electron chi connectivity index (χ0n) is 11.7. The van der Waals surface area contributed by atoms with Crippen molar-refractivity contribution in [2.75, 3.05) is 0 Å². The van der Waals surface area contributed by atoms with Gasteiger partial charge in [-0.05, 0) is 24.6 Å². The van der Waals surface area contributed by atoms with Gasteiger partial charge in [0, 0.05) is 5.56 Å². The normalized spacial score (nSPS) is 12.9. The van der Waals surface area contributed by atoms with Crippen molar-refractivity contribution in [2.45, 2.75) is 18.9 Å². The largest absolute Gasteiger partial charge is 0.481 e. The molecule has 2 aromatic carbocycles. The van der Waals surface area contributed by atoms with Crippen molar-refractivity contribution >= 4 is 5.97 Å². The lowest BCUT2D eigenvalue weighted by atomic mass is 9.93. The van der Waals surface area contributed by atoms with Crippen LogP contribution in [-0.4, -0.2) is 22.3 Å². The number of hydrogen-bond acceptors (Lipinski definition) is 2. The zero-order chi connectivity index (χ0) is 15.2. The molecule has 3 heteroatoms. The number of carboxylic acid groups (broad SMARTS) is 1. The summed E-state index contributed by atoms with van der Waals surface area (Å²) in [5.74, 6) is 3.29. The summed E-state index contributed by atoms with van der Waals surface area (Å²) in [7, 11) is 0. The molecule has 0 fully saturated rings. The van der Waals surface area contributed by atoms with Crippen LogP contribution in [0.1, 0.15) is 22.6 Å². The first-order valence-electron chi connectivity index (χ1n) is 6.62. The van der Waals surface area contributed by atoms with Gasteiger partial charge in [0.1, 0.15) is 12.0 Å². The molecule has 0 aliphatic carbocycles. The van der Waals surface area contributed by atoms with E-state index in [0.29, 0.717) is 5.56 Å². The van der Waals surface area contributed by atoms with E-state index in [4.69, 9.17) is 0 Å². The average molecular weight is 280 g/mol. The summed E-state index contributed by atoms with van der Waals surface area (Å²) in [5, 5.41) is 19.4.